The smallest absolute Gasteiger partial charge is 0.334 e. The lowest BCUT2D eigenvalue weighted by Crippen LogP contribution is -2.30. The first kappa shape index (κ1) is 12.3. The van der Waals surface area contributed by atoms with Gasteiger partial charge in [0.05, 0.1) is 24.1 Å². The second-order valence-electron chi connectivity index (χ2n) is 2.83. The topological polar surface area (TPSA) is 124 Å². The Morgan fingerprint density at radius 1 is 1.50 bits per heavy atom. The molecular weight excluding hydrogens is 236 g/mol. The van der Waals surface area contributed by atoms with Crippen molar-refractivity contribution in [3.8, 4) is 0 Å². The molecule has 3 N–H and O–H groups in total. The molecule has 0 aromatic carbocycles. The number of nitrogens with zero attached hydrogens (tertiary/aromatic N) is 2. The highest BCUT2D eigenvalue weighted by molar-refractivity contribution is 7.85. The van der Waals surface area contributed by atoms with E-state index in [1.165, 1.54) is 12.4 Å². The Morgan fingerprint density at radius 2 is 2.19 bits per heavy atom. The fraction of sp³-hybridized carbons (Fsp3) is 0.286. The van der Waals surface area contributed by atoms with Gasteiger partial charge in [-0.25, -0.2) is 4.79 Å². The van der Waals surface area contributed by atoms with Gasteiger partial charge in [-0.3, -0.25) is 9.97 Å². The number of nitrogens with one attached hydrogen (secondary N) is 1. The highest BCUT2D eigenvalue weighted by atomic mass is 32.2. The molecule has 16 heavy (non-hydrogen) atoms. The number of carbonyl (C=O) groups is 1. The summed E-state index contributed by atoms with van der Waals surface area (Å²) < 4.78 is 27.8. The van der Waals surface area contributed by atoms with Crippen LogP contribution in [0.15, 0.2) is 12.4 Å². The molecule has 88 valence electrons. The summed E-state index contributed by atoms with van der Waals surface area (Å²) in [6, 6.07) is 0. The SMILES string of the molecule is Cc1cnc(CNS(=O)(=O)OC(N)=O)cn1. The number of hydrogen-bond donors (Lipinski definition) is 2. The molecule has 0 saturated carbocycles. The van der Waals surface area contributed by atoms with Crippen LogP contribution in [0, 0.1) is 6.92 Å². The maximum atomic E-state index is 11.0. The third kappa shape index (κ3) is 4.19. The summed E-state index contributed by atoms with van der Waals surface area (Å²) in [7, 11) is -4.18. The molecule has 1 aromatic heterocycles. The van der Waals surface area contributed by atoms with Crippen LogP contribution >= 0.6 is 0 Å². The van der Waals surface area contributed by atoms with Crippen molar-refractivity contribution in [2.45, 2.75) is 13.5 Å². The molecule has 9 heteroatoms. The highest BCUT2D eigenvalue weighted by Gasteiger charge is 2.14. The van der Waals surface area contributed by atoms with Gasteiger partial charge in [-0.1, -0.05) is 0 Å². The van der Waals surface area contributed by atoms with E-state index in [-0.39, 0.29) is 6.54 Å². The number of aromatic nitrogens is 2. The van der Waals surface area contributed by atoms with E-state index in [1.807, 2.05) is 4.72 Å². The van der Waals surface area contributed by atoms with Gasteiger partial charge in [-0.15, -0.1) is 0 Å². The Kier molecular flexibility index (Phi) is 3.74. The molecule has 0 unspecified atom stereocenters. The van der Waals surface area contributed by atoms with Crippen LogP contribution in [-0.4, -0.2) is 24.5 Å². The highest BCUT2D eigenvalue weighted by Crippen LogP contribution is 1.95. The van der Waals surface area contributed by atoms with E-state index in [1.54, 1.807) is 6.92 Å². The van der Waals surface area contributed by atoms with Crippen LogP contribution < -0.4 is 10.5 Å². The van der Waals surface area contributed by atoms with Crippen LogP contribution in [0.5, 0.6) is 0 Å². The molecule has 0 radical (unpaired) electrons. The molecule has 8 nitrogen and oxygen atoms in total. The predicted molar refractivity (Wildman–Crippen MR) is 53.2 cm³/mol. The third-order valence-corrected chi connectivity index (χ3v) is 2.34. The van der Waals surface area contributed by atoms with Crippen molar-refractivity contribution in [1.82, 2.24) is 14.7 Å². The standard InChI is InChI=1S/C7H10N4O4S/c1-5-2-10-6(3-9-5)4-11-16(13,14)15-7(8)12/h2-3,11H,4H2,1H3,(H2,8,12). The van der Waals surface area contributed by atoms with Crippen molar-refractivity contribution in [2.75, 3.05) is 0 Å². The zero-order valence-corrected chi connectivity index (χ0v) is 9.19. The van der Waals surface area contributed by atoms with Crippen LogP contribution in [-0.2, 0) is 21.0 Å². The lowest BCUT2D eigenvalue weighted by Gasteiger charge is -2.04. The van der Waals surface area contributed by atoms with Gasteiger partial charge in [0.15, 0.2) is 0 Å². The Morgan fingerprint density at radius 3 is 2.69 bits per heavy atom. The summed E-state index contributed by atoms with van der Waals surface area (Å²) >= 11 is 0. The van der Waals surface area contributed by atoms with Crippen molar-refractivity contribution < 1.29 is 17.4 Å². The quantitative estimate of drug-likeness (QED) is 0.717. The molecule has 0 atom stereocenters. The summed E-state index contributed by atoms with van der Waals surface area (Å²) in [4.78, 5) is 18.0. The normalized spacial score (nSPS) is 11.1. The summed E-state index contributed by atoms with van der Waals surface area (Å²) in [5, 5.41) is 0. The van der Waals surface area contributed by atoms with Gasteiger partial charge in [0.25, 0.3) is 0 Å². The average Bonchev–Trinajstić information content (AvgIpc) is 2.15. The van der Waals surface area contributed by atoms with E-state index in [4.69, 9.17) is 0 Å². The lowest BCUT2D eigenvalue weighted by molar-refractivity contribution is 0.212. The number of nitrogens with two attached hydrogens (primary N) is 1. The van der Waals surface area contributed by atoms with Crippen molar-refractivity contribution in [3.63, 3.8) is 0 Å². The molecule has 0 aliphatic rings. The third-order valence-electron chi connectivity index (χ3n) is 1.46. The molecule has 0 saturated heterocycles. The first-order chi connectivity index (χ1) is 7.39. The minimum atomic E-state index is -4.18. The summed E-state index contributed by atoms with van der Waals surface area (Å²) in [6.45, 7) is 1.61. The molecule has 0 bridgehead atoms. The fourth-order valence-electron chi connectivity index (χ4n) is 0.811. The van der Waals surface area contributed by atoms with Gasteiger partial charge in [0.2, 0.25) is 0 Å². The van der Waals surface area contributed by atoms with Crippen LogP contribution in [0.3, 0.4) is 0 Å². The van der Waals surface area contributed by atoms with Gasteiger partial charge in [0, 0.05) is 6.20 Å². The van der Waals surface area contributed by atoms with E-state index >= 15 is 0 Å². The molecule has 1 heterocycles. The van der Waals surface area contributed by atoms with Crippen molar-refractivity contribution in [2.24, 2.45) is 5.73 Å². The van der Waals surface area contributed by atoms with Crippen LogP contribution in [0.1, 0.15) is 11.4 Å². The molecule has 1 amide bonds. The first-order valence-electron chi connectivity index (χ1n) is 4.15. The van der Waals surface area contributed by atoms with Gasteiger partial charge >= 0.3 is 16.4 Å². The van der Waals surface area contributed by atoms with Crippen LogP contribution in [0.2, 0.25) is 0 Å². The maximum absolute atomic E-state index is 11.0. The number of hydrogen-bond acceptors (Lipinski definition) is 6. The van der Waals surface area contributed by atoms with Gasteiger partial charge in [0.1, 0.15) is 0 Å². The van der Waals surface area contributed by atoms with E-state index in [2.05, 4.69) is 19.9 Å². The number of amides is 1. The second kappa shape index (κ2) is 4.86. The lowest BCUT2D eigenvalue weighted by atomic mass is 10.4. The van der Waals surface area contributed by atoms with Crippen LogP contribution in [0.25, 0.3) is 0 Å². The van der Waals surface area contributed by atoms with E-state index in [0.717, 1.165) is 0 Å². The number of rotatable bonds is 4. The molecular formula is C7H10N4O4S. The largest absolute Gasteiger partial charge is 0.421 e. The van der Waals surface area contributed by atoms with Gasteiger partial charge in [-0.2, -0.15) is 13.1 Å². The minimum Gasteiger partial charge on any atom is -0.334 e. The Bertz CT molecular complexity index is 470. The minimum absolute atomic E-state index is 0.136. The van der Waals surface area contributed by atoms with Crippen molar-refractivity contribution in [1.29, 1.82) is 0 Å². The zero-order valence-electron chi connectivity index (χ0n) is 8.37. The average molecular weight is 246 g/mol. The van der Waals surface area contributed by atoms with Crippen molar-refractivity contribution >= 4 is 16.4 Å². The Labute approximate surface area is 92.1 Å². The first-order valence-corrected chi connectivity index (χ1v) is 5.56. The molecule has 0 aliphatic heterocycles. The number of aryl methyl sites for hydroxylation is 1. The predicted octanol–water partition coefficient (Wildman–Crippen LogP) is -0.785. The van der Waals surface area contributed by atoms with E-state index in [9.17, 15) is 13.2 Å². The van der Waals surface area contributed by atoms with E-state index < -0.39 is 16.4 Å². The van der Waals surface area contributed by atoms with E-state index in [0.29, 0.717) is 11.4 Å². The van der Waals surface area contributed by atoms with Gasteiger partial charge < -0.3 is 9.92 Å². The molecule has 0 fully saturated rings. The Balaban J connectivity index is 2.58. The van der Waals surface area contributed by atoms with Crippen molar-refractivity contribution in [3.05, 3.63) is 23.8 Å². The second-order valence-corrected chi connectivity index (χ2v) is 4.19. The molecule has 0 aliphatic carbocycles. The molecule has 0 spiro atoms. The van der Waals surface area contributed by atoms with Crippen LogP contribution in [0.4, 0.5) is 4.79 Å². The molecule has 1 rings (SSSR count). The summed E-state index contributed by atoms with van der Waals surface area (Å²) in [5.41, 5.74) is 5.66. The zero-order chi connectivity index (χ0) is 12.2. The Hall–Kier alpha value is -1.74. The molecule has 1 aromatic rings. The summed E-state index contributed by atoms with van der Waals surface area (Å²) in [6.07, 6.45) is 1.49. The summed E-state index contributed by atoms with van der Waals surface area (Å²) in [5.74, 6) is 0. The number of carbonyl (C=O) groups excluding carboxylic acids is 1. The number of primary amides is 1. The van der Waals surface area contributed by atoms with Gasteiger partial charge in [-0.05, 0) is 6.92 Å². The maximum Gasteiger partial charge on any atom is 0.421 e. The fourth-order valence-corrected chi connectivity index (χ4v) is 1.41. The monoisotopic (exact) mass is 246 g/mol.